The molecule has 206 valence electrons. The van der Waals surface area contributed by atoms with Gasteiger partial charge >= 0.3 is 0 Å². The van der Waals surface area contributed by atoms with Crippen LogP contribution in [-0.4, -0.2) is 20.8 Å². The Labute approximate surface area is 242 Å². The van der Waals surface area contributed by atoms with Crippen LogP contribution in [0, 0.1) is 19.3 Å². The second-order valence-electron chi connectivity index (χ2n) is 11.4. The van der Waals surface area contributed by atoms with Crippen LogP contribution in [0.5, 0.6) is 11.5 Å². The van der Waals surface area contributed by atoms with E-state index in [1.165, 1.54) is 58.7 Å². The summed E-state index contributed by atoms with van der Waals surface area (Å²) in [6.45, 7) is 17.7. The zero-order valence-corrected chi connectivity index (χ0v) is 26.5. The fourth-order valence-electron chi connectivity index (χ4n) is 5.96. The number of aromatic nitrogens is 1. The van der Waals surface area contributed by atoms with Gasteiger partial charge in [0.15, 0.2) is 0 Å². The monoisotopic (exact) mass is 561 g/mol. The predicted molar refractivity (Wildman–Crippen MR) is 167 cm³/mol. The number of ether oxygens (including phenoxy) is 2. The van der Waals surface area contributed by atoms with E-state index in [0.717, 1.165) is 37.4 Å². The molecule has 1 aliphatic carbocycles. The van der Waals surface area contributed by atoms with Crippen LogP contribution in [0.25, 0.3) is 16.3 Å². The third kappa shape index (κ3) is 5.14. The summed E-state index contributed by atoms with van der Waals surface area (Å²) < 4.78 is 15.0. The lowest BCUT2D eigenvalue weighted by molar-refractivity contribution is -0.665. The van der Waals surface area contributed by atoms with Crippen LogP contribution in [-0.2, 0) is 6.54 Å². The molecule has 39 heavy (non-hydrogen) atoms. The van der Waals surface area contributed by atoms with Gasteiger partial charge < -0.3 is 14.4 Å². The first-order valence-corrected chi connectivity index (χ1v) is 15.5. The number of methoxy groups -OCH3 is 2. The second-order valence-corrected chi connectivity index (χ2v) is 13.6. The first-order valence-electron chi connectivity index (χ1n) is 13.9. The number of rotatable bonds is 6. The van der Waals surface area contributed by atoms with Crippen molar-refractivity contribution in [2.24, 2.45) is 5.41 Å². The molecule has 0 N–H and O–H groups in total. The summed E-state index contributed by atoms with van der Waals surface area (Å²) >= 11 is 3.72. The van der Waals surface area contributed by atoms with E-state index >= 15 is 0 Å². The molecule has 1 aliphatic heterocycles. The maximum absolute atomic E-state index is 5.62. The summed E-state index contributed by atoms with van der Waals surface area (Å²) in [5.41, 5.74) is 9.42. The SMILES string of the molecule is CCN1/C(=C/C2=C(C)C(=C/c3sc4cc(OC)c(C)cc4[n+]3CC)/CC(C)(C)C2)Sc2cc(OC)c(C)cc21. The third-order valence-corrected chi connectivity index (χ3v) is 10.2. The zero-order chi connectivity index (χ0) is 28.1. The van der Waals surface area contributed by atoms with E-state index in [9.17, 15) is 0 Å². The van der Waals surface area contributed by atoms with Gasteiger partial charge in [0, 0.05) is 29.6 Å². The highest BCUT2D eigenvalue weighted by molar-refractivity contribution is 8.03. The van der Waals surface area contributed by atoms with E-state index in [2.05, 4.69) is 94.4 Å². The minimum absolute atomic E-state index is 0.193. The van der Waals surface area contributed by atoms with E-state index in [1.54, 1.807) is 14.2 Å². The number of aryl methyl sites for hydroxylation is 3. The first-order chi connectivity index (χ1) is 18.6. The van der Waals surface area contributed by atoms with Crippen LogP contribution >= 0.6 is 23.1 Å². The molecule has 0 fully saturated rings. The Morgan fingerprint density at radius 1 is 0.949 bits per heavy atom. The van der Waals surface area contributed by atoms with Crippen LogP contribution in [0.15, 0.2) is 57.0 Å². The van der Waals surface area contributed by atoms with Crippen LogP contribution in [0.3, 0.4) is 0 Å². The van der Waals surface area contributed by atoms with Gasteiger partial charge in [0.05, 0.1) is 24.9 Å². The summed E-state index contributed by atoms with van der Waals surface area (Å²) in [5, 5.41) is 2.61. The van der Waals surface area contributed by atoms with Crippen LogP contribution in [0.2, 0.25) is 0 Å². The fraction of sp³-hybridized carbons (Fsp3) is 0.424. The Hall–Kier alpha value is -2.70. The van der Waals surface area contributed by atoms with Crippen molar-refractivity contribution in [2.75, 3.05) is 25.7 Å². The summed E-state index contributed by atoms with van der Waals surface area (Å²) in [6.07, 6.45) is 7.06. The summed E-state index contributed by atoms with van der Waals surface area (Å²) in [4.78, 5) is 3.72. The van der Waals surface area contributed by atoms with Crippen molar-refractivity contribution < 1.29 is 14.0 Å². The van der Waals surface area contributed by atoms with Crippen molar-refractivity contribution in [3.8, 4) is 11.5 Å². The molecule has 0 saturated heterocycles. The molecule has 4 nitrogen and oxygen atoms in total. The molecule has 3 aromatic rings. The Morgan fingerprint density at radius 2 is 1.64 bits per heavy atom. The van der Waals surface area contributed by atoms with Gasteiger partial charge in [-0.3, -0.25) is 0 Å². The van der Waals surface area contributed by atoms with E-state index in [0.29, 0.717) is 0 Å². The number of benzene rings is 2. The molecule has 5 rings (SSSR count). The normalized spacial score (nSPS) is 18.9. The number of thiazole rings is 1. The summed E-state index contributed by atoms with van der Waals surface area (Å²) in [7, 11) is 3.51. The van der Waals surface area contributed by atoms with Gasteiger partial charge in [-0.15, -0.1) is 0 Å². The van der Waals surface area contributed by atoms with Crippen LogP contribution in [0.4, 0.5) is 5.69 Å². The Bertz CT molecular complexity index is 1540. The van der Waals surface area contributed by atoms with Crippen molar-refractivity contribution in [3.05, 3.63) is 68.2 Å². The molecule has 6 heteroatoms. The lowest BCUT2D eigenvalue weighted by atomic mass is 9.72. The summed E-state index contributed by atoms with van der Waals surface area (Å²) in [5.74, 6) is 1.91. The molecule has 0 unspecified atom stereocenters. The minimum atomic E-state index is 0.193. The average molecular weight is 562 g/mol. The van der Waals surface area contributed by atoms with Crippen LogP contribution < -0.4 is 18.9 Å². The molecule has 2 aromatic carbocycles. The van der Waals surface area contributed by atoms with Crippen molar-refractivity contribution in [1.29, 1.82) is 0 Å². The van der Waals surface area contributed by atoms with Crippen LogP contribution in [0.1, 0.15) is 63.6 Å². The number of hydrogen-bond donors (Lipinski definition) is 0. The number of anilines is 1. The number of nitrogens with zero attached hydrogens (tertiary/aromatic N) is 2. The molecular weight excluding hydrogens is 521 g/mol. The molecule has 1 aromatic heterocycles. The molecule has 0 bridgehead atoms. The van der Waals surface area contributed by atoms with Gasteiger partial charge in [-0.2, -0.15) is 4.57 Å². The van der Waals surface area contributed by atoms with Gasteiger partial charge in [0.2, 0.25) is 5.52 Å². The van der Waals surface area contributed by atoms with Gasteiger partial charge in [-0.1, -0.05) is 36.9 Å². The standard InChI is InChI=1S/C33H41N2O2S2/c1-10-34-25-12-20(3)27(36-8)16-29(25)38-31(34)14-23-18-33(6,7)19-24(22(23)5)15-32-35(11-2)26-13-21(4)28(37-9)17-30(26)39-32/h12-17H,10-11,18-19H2,1-9H3/q+1. The minimum Gasteiger partial charge on any atom is -0.496 e. The highest BCUT2D eigenvalue weighted by Gasteiger charge is 2.32. The zero-order valence-electron chi connectivity index (χ0n) is 24.8. The van der Waals surface area contributed by atoms with Gasteiger partial charge in [-0.05, 0) is 98.9 Å². The first kappa shape index (κ1) is 27.9. The summed E-state index contributed by atoms with van der Waals surface area (Å²) in [6, 6.07) is 8.92. The van der Waals surface area contributed by atoms with Gasteiger partial charge in [0.1, 0.15) is 22.7 Å². The largest absolute Gasteiger partial charge is 0.496 e. The Kier molecular flexibility index (Phi) is 7.64. The van der Waals surface area contributed by atoms with E-state index in [-0.39, 0.29) is 5.41 Å². The van der Waals surface area contributed by atoms with Gasteiger partial charge in [-0.25, -0.2) is 0 Å². The molecular formula is C33H41N2O2S2+. The lowest BCUT2D eigenvalue weighted by Gasteiger charge is -2.33. The smallest absolute Gasteiger partial charge is 0.263 e. The molecule has 0 amide bonds. The van der Waals surface area contributed by atoms with Crippen molar-refractivity contribution in [1.82, 2.24) is 0 Å². The number of fused-ring (bicyclic) bond motifs is 2. The third-order valence-electron chi connectivity index (χ3n) is 8.02. The Balaban J connectivity index is 1.59. The predicted octanol–water partition coefficient (Wildman–Crippen LogP) is 8.84. The van der Waals surface area contributed by atoms with E-state index in [4.69, 9.17) is 9.47 Å². The number of thioether (sulfide) groups is 1. The van der Waals surface area contributed by atoms with Crippen molar-refractivity contribution >= 4 is 45.1 Å². The molecule has 0 saturated carbocycles. The van der Waals surface area contributed by atoms with Crippen molar-refractivity contribution in [2.45, 2.75) is 72.7 Å². The fourth-order valence-corrected chi connectivity index (χ4v) is 8.36. The molecule has 0 spiro atoms. The molecule has 2 heterocycles. The maximum Gasteiger partial charge on any atom is 0.263 e. The second kappa shape index (κ2) is 10.7. The Morgan fingerprint density at radius 3 is 2.31 bits per heavy atom. The maximum atomic E-state index is 5.62. The molecule has 0 radical (unpaired) electrons. The average Bonchev–Trinajstić information content (AvgIpc) is 3.40. The van der Waals surface area contributed by atoms with Crippen molar-refractivity contribution in [3.63, 3.8) is 0 Å². The topological polar surface area (TPSA) is 25.6 Å². The van der Waals surface area contributed by atoms with E-state index < -0.39 is 0 Å². The highest BCUT2D eigenvalue weighted by Crippen LogP contribution is 2.50. The highest BCUT2D eigenvalue weighted by atomic mass is 32.2. The van der Waals surface area contributed by atoms with E-state index in [1.807, 2.05) is 23.1 Å². The molecule has 2 aliphatic rings. The number of allylic oxidation sites excluding steroid dienone is 4. The number of hydrogen-bond acceptors (Lipinski definition) is 5. The van der Waals surface area contributed by atoms with Gasteiger partial charge in [0.25, 0.3) is 5.01 Å². The molecule has 0 atom stereocenters. The lowest BCUT2D eigenvalue weighted by Crippen LogP contribution is -2.33. The quantitative estimate of drug-likeness (QED) is 0.281.